The van der Waals surface area contributed by atoms with Crippen LogP contribution in [0.5, 0.6) is 5.75 Å². The van der Waals surface area contributed by atoms with Crippen LogP contribution in [0.3, 0.4) is 0 Å². The molecule has 0 aliphatic carbocycles. The summed E-state index contributed by atoms with van der Waals surface area (Å²) in [5.74, 6) is -0.651. The number of halogens is 1. The minimum Gasteiger partial charge on any atom is -0.494 e. The topological polar surface area (TPSA) is 86.7 Å². The van der Waals surface area contributed by atoms with Crippen molar-refractivity contribution in [1.82, 2.24) is 0 Å². The van der Waals surface area contributed by atoms with E-state index in [2.05, 4.69) is 0 Å². The first-order valence-corrected chi connectivity index (χ1v) is 10.4. The number of ketones is 1. The fourth-order valence-corrected chi connectivity index (χ4v) is 3.13. The highest BCUT2D eigenvalue weighted by Crippen LogP contribution is 2.22. The predicted molar refractivity (Wildman–Crippen MR) is 101 cm³/mol. The largest absolute Gasteiger partial charge is 0.494 e. The van der Waals surface area contributed by atoms with Crippen molar-refractivity contribution >= 4 is 33.2 Å². The third-order valence-electron chi connectivity index (χ3n) is 3.69. The molecule has 0 saturated carbocycles. The number of benzene rings is 2. The summed E-state index contributed by atoms with van der Waals surface area (Å²) < 4.78 is 33.8. The highest BCUT2D eigenvalue weighted by atomic mass is 35.5. The van der Waals surface area contributed by atoms with Crippen LogP contribution in [0.25, 0.3) is 0 Å². The molecule has 0 N–H and O–H groups in total. The maximum Gasteiger partial charge on any atom is 0.340 e. The zero-order valence-electron chi connectivity index (χ0n) is 15.1. The molecule has 2 aromatic rings. The van der Waals surface area contributed by atoms with Gasteiger partial charge in [0.1, 0.15) is 5.75 Å². The maximum atomic E-state index is 12.4. The van der Waals surface area contributed by atoms with Crippen LogP contribution < -0.4 is 4.74 Å². The summed E-state index contributed by atoms with van der Waals surface area (Å²) in [5, 5.41) is 0.0353. The van der Waals surface area contributed by atoms with E-state index in [4.69, 9.17) is 21.1 Å². The molecule has 0 saturated heterocycles. The number of Topliss-reactive ketones (excluding diaryl/α,β-unsaturated/α-hetero) is 1. The van der Waals surface area contributed by atoms with Crippen LogP contribution in [-0.2, 0) is 14.6 Å². The van der Waals surface area contributed by atoms with Crippen molar-refractivity contribution < 1.29 is 27.5 Å². The van der Waals surface area contributed by atoms with E-state index in [-0.39, 0.29) is 15.5 Å². The maximum absolute atomic E-state index is 12.4. The van der Waals surface area contributed by atoms with Gasteiger partial charge in [-0.1, -0.05) is 11.6 Å². The number of ether oxygens (including phenoxy) is 2. The second-order valence-electron chi connectivity index (χ2n) is 5.78. The Morgan fingerprint density at radius 2 is 1.74 bits per heavy atom. The first-order chi connectivity index (χ1) is 12.6. The molecule has 27 heavy (non-hydrogen) atoms. The Hall–Kier alpha value is -2.38. The molecular weight excluding hydrogens is 392 g/mol. The van der Waals surface area contributed by atoms with Crippen LogP contribution in [-0.4, -0.2) is 39.1 Å². The Bertz CT molecular complexity index is 951. The van der Waals surface area contributed by atoms with Crippen molar-refractivity contribution in [2.24, 2.45) is 0 Å². The van der Waals surface area contributed by atoms with Gasteiger partial charge in [0.15, 0.2) is 15.9 Å². The van der Waals surface area contributed by atoms with E-state index >= 15 is 0 Å². The van der Waals surface area contributed by atoms with Gasteiger partial charge in [-0.05, 0) is 56.3 Å². The van der Waals surface area contributed by atoms with Crippen LogP contribution in [0, 0.1) is 0 Å². The molecule has 0 radical (unpaired) electrons. The van der Waals surface area contributed by atoms with E-state index < -0.39 is 27.7 Å². The van der Waals surface area contributed by atoms with Crippen LogP contribution in [0.15, 0.2) is 47.4 Å². The first-order valence-electron chi connectivity index (χ1n) is 8.11. The smallest absolute Gasteiger partial charge is 0.340 e. The summed E-state index contributed by atoms with van der Waals surface area (Å²) in [4.78, 5) is 24.7. The van der Waals surface area contributed by atoms with E-state index in [9.17, 15) is 18.0 Å². The Morgan fingerprint density at radius 3 is 2.30 bits per heavy atom. The zero-order chi connectivity index (χ0) is 20.2. The van der Waals surface area contributed by atoms with Gasteiger partial charge in [-0.3, -0.25) is 4.79 Å². The fourth-order valence-electron chi connectivity index (χ4n) is 2.29. The monoisotopic (exact) mass is 410 g/mol. The van der Waals surface area contributed by atoms with Gasteiger partial charge in [0.25, 0.3) is 0 Å². The van der Waals surface area contributed by atoms with Crippen LogP contribution in [0.1, 0.15) is 34.6 Å². The van der Waals surface area contributed by atoms with Gasteiger partial charge in [0.05, 0.1) is 22.1 Å². The summed E-state index contributed by atoms with van der Waals surface area (Å²) in [5.41, 5.74) is 0.237. The lowest BCUT2D eigenvalue weighted by atomic mass is 10.1. The third kappa shape index (κ3) is 5.30. The molecule has 0 unspecified atom stereocenters. The molecule has 1 atom stereocenters. The Kier molecular flexibility index (Phi) is 6.62. The van der Waals surface area contributed by atoms with E-state index in [0.29, 0.717) is 17.9 Å². The summed E-state index contributed by atoms with van der Waals surface area (Å²) >= 11 is 5.97. The van der Waals surface area contributed by atoms with Gasteiger partial charge in [0.2, 0.25) is 5.78 Å². The number of hydrogen-bond donors (Lipinski definition) is 0. The van der Waals surface area contributed by atoms with E-state index in [1.54, 1.807) is 24.3 Å². The lowest BCUT2D eigenvalue weighted by Gasteiger charge is -2.14. The average molecular weight is 411 g/mol. The zero-order valence-corrected chi connectivity index (χ0v) is 16.6. The second-order valence-corrected chi connectivity index (χ2v) is 8.21. The standard InChI is InChI=1S/C19H19ClO6S/c1-4-25-14-7-5-13(6-8-14)18(21)12(2)26-19(22)16-11-15(27(3,23)24)9-10-17(16)20/h5-12H,4H2,1-3H3/t12-/m0/s1. The van der Waals surface area contributed by atoms with Crippen molar-refractivity contribution in [2.75, 3.05) is 12.9 Å². The van der Waals surface area contributed by atoms with E-state index in [1.807, 2.05) is 6.92 Å². The molecule has 144 valence electrons. The van der Waals surface area contributed by atoms with Crippen molar-refractivity contribution in [3.63, 3.8) is 0 Å². The molecule has 8 heteroatoms. The Morgan fingerprint density at radius 1 is 1.11 bits per heavy atom. The number of rotatable bonds is 7. The van der Waals surface area contributed by atoms with Gasteiger partial charge in [0, 0.05) is 11.8 Å². The predicted octanol–water partition coefficient (Wildman–Crippen LogP) is 3.57. The third-order valence-corrected chi connectivity index (χ3v) is 5.13. The van der Waals surface area contributed by atoms with Gasteiger partial charge in [-0.15, -0.1) is 0 Å². The number of carbonyl (C=O) groups excluding carboxylic acids is 2. The molecular formula is C19H19ClO6S. The molecule has 2 rings (SSSR count). The van der Waals surface area contributed by atoms with Crippen molar-refractivity contribution in [1.29, 1.82) is 0 Å². The van der Waals surface area contributed by atoms with Gasteiger partial charge < -0.3 is 9.47 Å². The van der Waals surface area contributed by atoms with Crippen LogP contribution >= 0.6 is 11.6 Å². The molecule has 0 aromatic heterocycles. The van der Waals surface area contributed by atoms with Gasteiger partial charge in [-0.25, -0.2) is 13.2 Å². The Labute approximate surface area is 163 Å². The van der Waals surface area contributed by atoms with Crippen LogP contribution in [0.2, 0.25) is 5.02 Å². The molecule has 0 aliphatic rings. The molecule has 0 bridgehead atoms. The fraction of sp³-hybridized carbons (Fsp3) is 0.263. The summed E-state index contributed by atoms with van der Waals surface area (Å²) in [7, 11) is -3.52. The summed E-state index contributed by atoms with van der Waals surface area (Å²) in [6, 6.07) is 10.2. The molecule has 0 spiro atoms. The van der Waals surface area contributed by atoms with Gasteiger partial charge >= 0.3 is 5.97 Å². The Balaban J connectivity index is 2.16. The minimum atomic E-state index is -3.52. The van der Waals surface area contributed by atoms with Crippen LogP contribution in [0.4, 0.5) is 0 Å². The molecule has 2 aromatic carbocycles. The number of hydrogen-bond acceptors (Lipinski definition) is 6. The van der Waals surface area contributed by atoms with Crippen molar-refractivity contribution in [2.45, 2.75) is 24.8 Å². The minimum absolute atomic E-state index is 0.0353. The molecule has 0 heterocycles. The average Bonchev–Trinajstić information content (AvgIpc) is 2.61. The van der Waals surface area contributed by atoms with Crippen molar-refractivity contribution in [3.8, 4) is 5.75 Å². The highest BCUT2D eigenvalue weighted by molar-refractivity contribution is 7.90. The summed E-state index contributed by atoms with van der Waals surface area (Å²) in [6.07, 6.45) is -0.0583. The lowest BCUT2D eigenvalue weighted by Crippen LogP contribution is -2.24. The normalized spacial score (nSPS) is 12.3. The molecule has 6 nitrogen and oxygen atoms in total. The van der Waals surface area contributed by atoms with Crippen molar-refractivity contribution in [3.05, 3.63) is 58.6 Å². The molecule has 0 amide bonds. The number of sulfone groups is 1. The van der Waals surface area contributed by atoms with E-state index in [1.165, 1.54) is 19.1 Å². The molecule has 0 fully saturated rings. The number of carbonyl (C=O) groups is 2. The van der Waals surface area contributed by atoms with E-state index in [0.717, 1.165) is 12.3 Å². The highest BCUT2D eigenvalue weighted by Gasteiger charge is 2.23. The lowest BCUT2D eigenvalue weighted by molar-refractivity contribution is 0.0318. The first kappa shape index (κ1) is 20.9. The van der Waals surface area contributed by atoms with Gasteiger partial charge in [-0.2, -0.15) is 0 Å². The summed E-state index contributed by atoms with van der Waals surface area (Å²) in [6.45, 7) is 3.80. The second kappa shape index (κ2) is 8.54. The number of esters is 1. The SMILES string of the molecule is CCOc1ccc(C(=O)[C@H](C)OC(=O)c2cc(S(C)(=O)=O)ccc2Cl)cc1. The molecule has 0 aliphatic heterocycles. The quantitative estimate of drug-likeness (QED) is 0.512.